The fourth-order valence-electron chi connectivity index (χ4n) is 2.71. The maximum absolute atomic E-state index is 12.4. The highest BCUT2D eigenvalue weighted by molar-refractivity contribution is 7.17. The summed E-state index contributed by atoms with van der Waals surface area (Å²) in [6.07, 6.45) is 1.75. The topological polar surface area (TPSA) is 83.1 Å². The van der Waals surface area contributed by atoms with Gasteiger partial charge in [-0.05, 0) is 43.5 Å². The number of amides is 3. The smallest absolute Gasteiger partial charge is 0.325 e. The van der Waals surface area contributed by atoms with Crippen molar-refractivity contribution in [1.29, 1.82) is 0 Å². The summed E-state index contributed by atoms with van der Waals surface area (Å²) in [7, 11) is 0. The molecule has 3 rings (SSSR count). The van der Waals surface area contributed by atoms with E-state index in [9.17, 15) is 9.59 Å². The van der Waals surface area contributed by atoms with Gasteiger partial charge in [0.2, 0.25) is 0 Å². The number of nitrogens with one attached hydrogen (secondary N) is 3. The summed E-state index contributed by atoms with van der Waals surface area (Å²) in [5, 5.41) is 9.12. The van der Waals surface area contributed by atoms with Crippen molar-refractivity contribution in [2.24, 2.45) is 0 Å². The number of hydrogen-bond acceptors (Lipinski definition) is 4. The third-order valence-electron chi connectivity index (χ3n) is 4.08. The van der Waals surface area contributed by atoms with Crippen molar-refractivity contribution in [2.45, 2.75) is 19.8 Å². The first-order chi connectivity index (χ1) is 14.0. The van der Waals surface area contributed by atoms with Gasteiger partial charge in [-0.2, -0.15) is 0 Å². The summed E-state index contributed by atoms with van der Waals surface area (Å²) in [6, 6.07) is 16.5. The predicted molar refractivity (Wildman–Crippen MR) is 118 cm³/mol. The van der Waals surface area contributed by atoms with Gasteiger partial charge in [0.05, 0.1) is 5.69 Å². The third kappa shape index (κ3) is 6.30. The molecule has 29 heavy (non-hydrogen) atoms. The fraction of sp³-hybridized carbons (Fsp3) is 0.190. The van der Waals surface area contributed by atoms with E-state index in [4.69, 9.17) is 11.6 Å². The zero-order chi connectivity index (χ0) is 20.6. The fourth-order valence-corrected chi connectivity index (χ4v) is 3.77. The lowest BCUT2D eigenvalue weighted by Gasteiger charge is -2.05. The molecular weight excluding hydrogens is 408 g/mol. The molecule has 3 amide bonds. The average molecular weight is 429 g/mol. The largest absolute Gasteiger partial charge is 0.351 e. The third-order valence-corrected chi connectivity index (χ3v) is 5.38. The Hall–Kier alpha value is -2.90. The van der Waals surface area contributed by atoms with Gasteiger partial charge < -0.3 is 10.6 Å². The zero-order valence-electron chi connectivity index (χ0n) is 15.9. The van der Waals surface area contributed by atoms with Gasteiger partial charge in [0.15, 0.2) is 5.13 Å². The van der Waals surface area contributed by atoms with E-state index in [-0.39, 0.29) is 5.91 Å². The number of urea groups is 1. The molecule has 0 fully saturated rings. The molecule has 3 N–H and O–H groups in total. The van der Waals surface area contributed by atoms with E-state index in [1.165, 1.54) is 5.56 Å². The summed E-state index contributed by atoms with van der Waals surface area (Å²) in [5.74, 6) is -0.184. The van der Waals surface area contributed by atoms with Crippen LogP contribution >= 0.6 is 22.9 Å². The standard InChI is InChI=1S/C21H21ClN4O2S/c1-14-18(19(27)23-12-6-9-15-7-3-2-4-8-15)29-21(24-14)26-20(28)25-17-11-5-10-16(22)13-17/h2-5,7-8,10-11,13H,6,9,12H2,1H3,(H,23,27)(H2,24,25,26,28). The first-order valence-corrected chi connectivity index (χ1v) is 10.3. The molecule has 8 heteroatoms. The van der Waals surface area contributed by atoms with Gasteiger partial charge >= 0.3 is 6.03 Å². The van der Waals surface area contributed by atoms with Crippen LogP contribution < -0.4 is 16.0 Å². The Kier molecular flexibility index (Phi) is 7.21. The number of halogens is 1. The van der Waals surface area contributed by atoms with Crippen molar-refractivity contribution < 1.29 is 9.59 Å². The molecule has 0 spiro atoms. The SMILES string of the molecule is Cc1nc(NC(=O)Nc2cccc(Cl)c2)sc1C(=O)NCCCc1ccccc1. The van der Waals surface area contributed by atoms with Crippen molar-refractivity contribution in [3.05, 3.63) is 75.8 Å². The second kappa shape index (κ2) is 10.0. The van der Waals surface area contributed by atoms with E-state index >= 15 is 0 Å². The molecule has 0 radical (unpaired) electrons. The summed E-state index contributed by atoms with van der Waals surface area (Å²) in [6.45, 7) is 2.32. The highest BCUT2D eigenvalue weighted by Gasteiger charge is 2.16. The lowest BCUT2D eigenvalue weighted by Crippen LogP contribution is -2.24. The molecule has 3 aromatic rings. The molecule has 2 aromatic carbocycles. The molecule has 0 aliphatic rings. The quantitative estimate of drug-likeness (QED) is 0.457. The first kappa shape index (κ1) is 20.8. The van der Waals surface area contributed by atoms with Crippen molar-refractivity contribution >= 4 is 45.7 Å². The molecule has 0 saturated heterocycles. The number of carbonyl (C=O) groups excluding carboxylic acids is 2. The number of aryl methyl sites for hydroxylation is 2. The number of benzene rings is 2. The predicted octanol–water partition coefficient (Wildman–Crippen LogP) is 5.11. The van der Waals surface area contributed by atoms with E-state index in [0.29, 0.717) is 33.0 Å². The van der Waals surface area contributed by atoms with E-state index in [1.807, 2.05) is 18.2 Å². The maximum atomic E-state index is 12.4. The second-order valence-corrected chi connectivity index (χ2v) is 7.80. The average Bonchev–Trinajstić information content (AvgIpc) is 3.06. The van der Waals surface area contributed by atoms with Crippen LogP contribution in [-0.4, -0.2) is 23.5 Å². The Morgan fingerprint density at radius 1 is 1.07 bits per heavy atom. The van der Waals surface area contributed by atoms with E-state index in [2.05, 4.69) is 33.1 Å². The summed E-state index contributed by atoms with van der Waals surface area (Å²) >= 11 is 7.05. The Bertz CT molecular complexity index is 991. The minimum Gasteiger partial charge on any atom is -0.351 e. The molecular formula is C21H21ClN4O2S. The lowest BCUT2D eigenvalue weighted by molar-refractivity contribution is 0.0956. The summed E-state index contributed by atoms with van der Waals surface area (Å²) in [4.78, 5) is 29.3. The minimum atomic E-state index is -0.448. The van der Waals surface area contributed by atoms with Gasteiger partial charge in [-0.1, -0.05) is 59.3 Å². The molecule has 0 bridgehead atoms. The van der Waals surface area contributed by atoms with Crippen LogP contribution in [0, 0.1) is 6.92 Å². The van der Waals surface area contributed by atoms with Gasteiger partial charge in [-0.3, -0.25) is 10.1 Å². The highest BCUT2D eigenvalue weighted by Crippen LogP contribution is 2.23. The molecule has 6 nitrogen and oxygen atoms in total. The monoisotopic (exact) mass is 428 g/mol. The Labute approximate surface area is 178 Å². The number of nitrogens with zero attached hydrogens (tertiary/aromatic N) is 1. The van der Waals surface area contributed by atoms with Crippen LogP contribution in [0.5, 0.6) is 0 Å². The van der Waals surface area contributed by atoms with Gasteiger partial charge in [0, 0.05) is 17.3 Å². The highest BCUT2D eigenvalue weighted by atomic mass is 35.5. The Morgan fingerprint density at radius 3 is 2.62 bits per heavy atom. The summed E-state index contributed by atoms with van der Waals surface area (Å²) in [5.41, 5.74) is 2.39. The Morgan fingerprint density at radius 2 is 1.86 bits per heavy atom. The molecule has 0 unspecified atom stereocenters. The molecule has 0 aliphatic carbocycles. The van der Waals surface area contributed by atoms with Gasteiger partial charge in [-0.15, -0.1) is 0 Å². The number of anilines is 2. The molecule has 0 atom stereocenters. The first-order valence-electron chi connectivity index (χ1n) is 9.14. The number of hydrogen-bond donors (Lipinski definition) is 3. The van der Waals surface area contributed by atoms with Crippen LogP contribution in [0.15, 0.2) is 54.6 Å². The van der Waals surface area contributed by atoms with E-state index in [1.54, 1.807) is 31.2 Å². The van der Waals surface area contributed by atoms with Crippen molar-refractivity contribution in [1.82, 2.24) is 10.3 Å². The normalized spacial score (nSPS) is 10.4. The van der Waals surface area contributed by atoms with Gasteiger partial charge in [0.25, 0.3) is 5.91 Å². The van der Waals surface area contributed by atoms with Crippen LogP contribution in [0.2, 0.25) is 5.02 Å². The maximum Gasteiger partial charge on any atom is 0.325 e. The minimum absolute atomic E-state index is 0.184. The Balaban J connectivity index is 1.49. The molecule has 1 aromatic heterocycles. The lowest BCUT2D eigenvalue weighted by atomic mass is 10.1. The zero-order valence-corrected chi connectivity index (χ0v) is 17.4. The second-order valence-electron chi connectivity index (χ2n) is 6.37. The van der Waals surface area contributed by atoms with Crippen molar-refractivity contribution in [3.8, 4) is 0 Å². The summed E-state index contributed by atoms with van der Waals surface area (Å²) < 4.78 is 0. The van der Waals surface area contributed by atoms with E-state index in [0.717, 1.165) is 24.2 Å². The number of rotatable bonds is 7. The van der Waals surface area contributed by atoms with Crippen LogP contribution in [0.4, 0.5) is 15.6 Å². The van der Waals surface area contributed by atoms with Crippen molar-refractivity contribution in [2.75, 3.05) is 17.2 Å². The number of aromatic nitrogens is 1. The van der Waals surface area contributed by atoms with Crippen LogP contribution in [-0.2, 0) is 6.42 Å². The van der Waals surface area contributed by atoms with Crippen LogP contribution in [0.3, 0.4) is 0 Å². The number of thiazole rings is 1. The van der Waals surface area contributed by atoms with Gasteiger partial charge in [0.1, 0.15) is 4.88 Å². The number of carbonyl (C=O) groups is 2. The van der Waals surface area contributed by atoms with Crippen LogP contribution in [0.1, 0.15) is 27.3 Å². The van der Waals surface area contributed by atoms with Crippen molar-refractivity contribution in [3.63, 3.8) is 0 Å². The van der Waals surface area contributed by atoms with Crippen LogP contribution in [0.25, 0.3) is 0 Å². The molecule has 0 saturated carbocycles. The van der Waals surface area contributed by atoms with Gasteiger partial charge in [-0.25, -0.2) is 9.78 Å². The van der Waals surface area contributed by atoms with E-state index < -0.39 is 6.03 Å². The molecule has 150 valence electrons. The molecule has 1 heterocycles. The molecule has 0 aliphatic heterocycles.